The minimum atomic E-state index is -0.344. The molecule has 2 aromatic rings. The lowest BCUT2D eigenvalue weighted by atomic mass is 10.4. The maximum atomic E-state index is 11.6. The number of thiazole rings is 1. The normalized spacial score (nSPS) is 10.5. The van der Waals surface area contributed by atoms with E-state index in [2.05, 4.69) is 20.9 Å². The van der Waals surface area contributed by atoms with Gasteiger partial charge in [0.2, 0.25) is 0 Å². The van der Waals surface area contributed by atoms with Crippen molar-refractivity contribution in [3.63, 3.8) is 0 Å². The fourth-order valence-corrected chi connectivity index (χ4v) is 3.71. The van der Waals surface area contributed by atoms with Crippen molar-refractivity contribution < 1.29 is 9.53 Å². The molecular weight excluding hydrogens is 322 g/mol. The first-order chi connectivity index (χ1) is 8.11. The Balaban J connectivity index is 2.33. The van der Waals surface area contributed by atoms with Crippen molar-refractivity contribution in [2.45, 2.75) is 13.8 Å². The van der Waals surface area contributed by atoms with Crippen LogP contribution in [0.15, 0.2) is 15.9 Å². The van der Waals surface area contributed by atoms with Gasteiger partial charge in [-0.2, -0.15) is 0 Å². The summed E-state index contributed by atoms with van der Waals surface area (Å²) in [5.74, 6) is -0.344. The van der Waals surface area contributed by atoms with E-state index in [9.17, 15) is 4.79 Å². The van der Waals surface area contributed by atoms with Crippen molar-refractivity contribution in [1.82, 2.24) is 4.98 Å². The van der Waals surface area contributed by atoms with E-state index < -0.39 is 0 Å². The van der Waals surface area contributed by atoms with Gasteiger partial charge in [0, 0.05) is 14.7 Å². The highest BCUT2D eigenvalue weighted by atomic mass is 79.9. The van der Waals surface area contributed by atoms with E-state index in [0.717, 1.165) is 19.2 Å². The van der Waals surface area contributed by atoms with Crippen molar-refractivity contribution >= 4 is 44.6 Å². The predicted octanol–water partition coefficient (Wildman–Crippen LogP) is 4.12. The van der Waals surface area contributed by atoms with E-state index in [4.69, 9.17) is 4.74 Å². The van der Waals surface area contributed by atoms with Gasteiger partial charge in [-0.15, -0.1) is 22.7 Å². The zero-order chi connectivity index (χ0) is 12.4. The van der Waals surface area contributed by atoms with Crippen LogP contribution in [0.25, 0.3) is 9.88 Å². The molecule has 0 amide bonds. The number of esters is 1. The summed E-state index contributed by atoms with van der Waals surface area (Å²) in [6, 6.07) is 2.00. The molecule has 17 heavy (non-hydrogen) atoms. The van der Waals surface area contributed by atoms with Gasteiger partial charge in [0.15, 0.2) is 5.69 Å². The van der Waals surface area contributed by atoms with E-state index in [1.807, 2.05) is 18.4 Å². The van der Waals surface area contributed by atoms with Crippen molar-refractivity contribution in [1.29, 1.82) is 0 Å². The van der Waals surface area contributed by atoms with Gasteiger partial charge in [0.1, 0.15) is 5.01 Å². The van der Waals surface area contributed by atoms with Gasteiger partial charge in [0.25, 0.3) is 0 Å². The summed E-state index contributed by atoms with van der Waals surface area (Å²) in [7, 11) is 0. The number of halogens is 1. The molecule has 0 radical (unpaired) electrons. The number of aryl methyl sites for hydroxylation is 1. The smallest absolute Gasteiger partial charge is 0.358 e. The number of carbonyl (C=O) groups is 1. The van der Waals surface area contributed by atoms with Crippen LogP contribution in [0.3, 0.4) is 0 Å². The lowest BCUT2D eigenvalue weighted by Gasteiger charge is -1.97. The maximum Gasteiger partial charge on any atom is 0.358 e. The third-order valence-electron chi connectivity index (χ3n) is 2.04. The summed E-state index contributed by atoms with van der Waals surface area (Å²) in [4.78, 5) is 17.9. The fraction of sp³-hybridized carbons (Fsp3) is 0.273. The van der Waals surface area contributed by atoms with Gasteiger partial charge in [-0.1, -0.05) is 0 Å². The van der Waals surface area contributed by atoms with Crippen molar-refractivity contribution in [3.8, 4) is 9.88 Å². The highest BCUT2D eigenvalue weighted by Crippen LogP contribution is 2.34. The Hall–Kier alpha value is -0.720. The molecule has 0 spiro atoms. The molecule has 90 valence electrons. The quantitative estimate of drug-likeness (QED) is 0.794. The molecular formula is C11H10BrNO2S2. The Kier molecular flexibility index (Phi) is 3.96. The molecule has 0 unspecified atom stereocenters. The average molecular weight is 332 g/mol. The van der Waals surface area contributed by atoms with Gasteiger partial charge in [-0.3, -0.25) is 0 Å². The minimum absolute atomic E-state index is 0.344. The number of carbonyl (C=O) groups excluding carboxylic acids is 1. The summed E-state index contributed by atoms with van der Waals surface area (Å²) >= 11 is 6.52. The van der Waals surface area contributed by atoms with Gasteiger partial charge >= 0.3 is 5.97 Å². The highest BCUT2D eigenvalue weighted by molar-refractivity contribution is 9.10. The van der Waals surface area contributed by atoms with E-state index >= 15 is 0 Å². The van der Waals surface area contributed by atoms with E-state index in [0.29, 0.717) is 12.3 Å². The topological polar surface area (TPSA) is 39.2 Å². The molecule has 6 heteroatoms. The fourth-order valence-electron chi connectivity index (χ4n) is 1.32. The second kappa shape index (κ2) is 5.29. The Morgan fingerprint density at radius 1 is 1.59 bits per heavy atom. The molecule has 0 aliphatic carbocycles. The third-order valence-corrected chi connectivity index (χ3v) is 4.87. The molecule has 2 heterocycles. The molecule has 2 aromatic heterocycles. The molecule has 3 nitrogen and oxygen atoms in total. The number of nitrogens with zero attached hydrogens (tertiary/aromatic N) is 1. The Morgan fingerprint density at radius 2 is 2.35 bits per heavy atom. The molecule has 0 atom stereocenters. The number of ether oxygens (including phenoxy) is 1. The maximum absolute atomic E-state index is 11.6. The largest absolute Gasteiger partial charge is 0.461 e. The number of thiophene rings is 1. The van der Waals surface area contributed by atoms with Crippen LogP contribution in [0.4, 0.5) is 0 Å². The summed E-state index contributed by atoms with van der Waals surface area (Å²) < 4.78 is 5.99. The van der Waals surface area contributed by atoms with Crippen LogP contribution in [-0.4, -0.2) is 17.6 Å². The van der Waals surface area contributed by atoms with Crippen LogP contribution in [0.1, 0.15) is 22.3 Å². The third kappa shape index (κ3) is 2.75. The monoisotopic (exact) mass is 331 g/mol. The zero-order valence-electron chi connectivity index (χ0n) is 9.32. The first-order valence-corrected chi connectivity index (χ1v) is 7.49. The molecule has 2 rings (SSSR count). The predicted molar refractivity (Wildman–Crippen MR) is 73.8 cm³/mol. The Bertz CT molecular complexity index is 547. The molecule has 0 N–H and O–H groups in total. The lowest BCUT2D eigenvalue weighted by molar-refractivity contribution is 0.0519. The van der Waals surface area contributed by atoms with Gasteiger partial charge in [-0.05, 0) is 35.8 Å². The first-order valence-electron chi connectivity index (χ1n) is 5.00. The zero-order valence-corrected chi connectivity index (χ0v) is 12.5. The first kappa shape index (κ1) is 12.7. The van der Waals surface area contributed by atoms with Crippen molar-refractivity contribution in [3.05, 3.63) is 26.5 Å². The van der Waals surface area contributed by atoms with Crippen LogP contribution in [0.5, 0.6) is 0 Å². The van der Waals surface area contributed by atoms with Gasteiger partial charge in [0.05, 0.1) is 11.5 Å². The summed E-state index contributed by atoms with van der Waals surface area (Å²) in [6.07, 6.45) is 0. The van der Waals surface area contributed by atoms with Gasteiger partial charge in [-0.25, -0.2) is 9.78 Å². The SMILES string of the molecule is CCOC(=O)c1nc(-c2cc(Br)cs2)sc1C. The molecule has 0 aliphatic heterocycles. The highest BCUT2D eigenvalue weighted by Gasteiger charge is 2.17. The standard InChI is InChI=1S/C11H10BrNO2S2/c1-3-15-11(14)9-6(2)17-10(13-9)8-4-7(12)5-16-8/h4-5H,3H2,1-2H3. The van der Waals surface area contributed by atoms with E-state index in [-0.39, 0.29) is 5.97 Å². The molecule has 0 aromatic carbocycles. The Morgan fingerprint density at radius 3 is 2.94 bits per heavy atom. The number of rotatable bonds is 3. The van der Waals surface area contributed by atoms with E-state index in [1.54, 1.807) is 18.3 Å². The van der Waals surface area contributed by atoms with Crippen LogP contribution in [0.2, 0.25) is 0 Å². The summed E-state index contributed by atoms with van der Waals surface area (Å²) in [5.41, 5.74) is 0.427. The second-order valence-electron chi connectivity index (χ2n) is 3.27. The second-order valence-corrected chi connectivity index (χ2v) is 6.30. The molecule has 0 fully saturated rings. The summed E-state index contributed by atoms with van der Waals surface area (Å²) in [5, 5.41) is 2.86. The molecule has 0 saturated heterocycles. The molecule has 0 saturated carbocycles. The average Bonchev–Trinajstić information content (AvgIpc) is 2.85. The minimum Gasteiger partial charge on any atom is -0.461 e. The summed E-state index contributed by atoms with van der Waals surface area (Å²) in [6.45, 7) is 4.04. The number of hydrogen-bond acceptors (Lipinski definition) is 5. The number of hydrogen-bond donors (Lipinski definition) is 0. The van der Waals surface area contributed by atoms with E-state index in [1.165, 1.54) is 11.3 Å². The molecule has 0 bridgehead atoms. The van der Waals surface area contributed by atoms with Gasteiger partial charge < -0.3 is 4.74 Å². The molecule has 0 aliphatic rings. The van der Waals surface area contributed by atoms with Crippen LogP contribution >= 0.6 is 38.6 Å². The van der Waals surface area contributed by atoms with Crippen LogP contribution in [-0.2, 0) is 4.74 Å². The van der Waals surface area contributed by atoms with Crippen LogP contribution < -0.4 is 0 Å². The van der Waals surface area contributed by atoms with Crippen molar-refractivity contribution in [2.24, 2.45) is 0 Å². The van der Waals surface area contributed by atoms with Crippen LogP contribution in [0, 0.1) is 6.92 Å². The lowest BCUT2D eigenvalue weighted by Crippen LogP contribution is -2.06. The number of aromatic nitrogens is 1. The Labute approximate surface area is 116 Å². The van der Waals surface area contributed by atoms with Crippen molar-refractivity contribution in [2.75, 3.05) is 6.61 Å².